The largest absolute Gasteiger partial charge is 0.472 e. The molecule has 7 unspecified atom stereocenters. The van der Waals surface area contributed by atoms with E-state index >= 15 is 0 Å². The minimum Gasteiger partial charge on any atom is -0.386 e. The van der Waals surface area contributed by atoms with Crippen molar-refractivity contribution in [1.29, 1.82) is 0 Å². The molecule has 0 amide bonds. The Bertz CT molecular complexity index is 1900. The van der Waals surface area contributed by atoms with Crippen molar-refractivity contribution in [1.82, 2.24) is 39.0 Å². The SMILES string of the molecule is Nc1nc2c(ncn2C2O[C@@H]3COP(=O)(O)OC4C(O)[C@H](n5cnc6c(=O)[nH]c(N)nc65)O[C@@H]4COP(=O)(O)OC3C2O)c(=O)[nH]1. The molecule has 46 heavy (non-hydrogen) atoms. The molecule has 248 valence electrons. The summed E-state index contributed by atoms with van der Waals surface area (Å²) >= 11 is 0. The van der Waals surface area contributed by atoms with Gasteiger partial charge in [0.15, 0.2) is 34.8 Å². The van der Waals surface area contributed by atoms with Crippen molar-refractivity contribution < 1.29 is 56.7 Å². The van der Waals surface area contributed by atoms with Crippen LogP contribution in [0.4, 0.5) is 11.9 Å². The molecule has 4 aromatic rings. The standard InChI is InChI=1S/C20H24N10O14P2/c21-19-25-13-7(15(33)27-19)23-3-29(13)17-9(31)11-5(41-17)1-39-45(35,36)44-12-6(2-40-46(37,38)43-11)42-18(10(12)32)30-4-24-8-14(30)26-20(22)28-16(8)34/h3-6,9-12,17-18,31-32H,1-2H2,(H,35,36)(H,37,38)(H3,21,25,27,33)(H3,22,26,28,34)/t5-,6-,9?,10?,11?,12?,17-,18?/m1/s1. The fourth-order valence-corrected chi connectivity index (χ4v) is 7.32. The summed E-state index contributed by atoms with van der Waals surface area (Å²) in [5, 5.41) is 22.2. The lowest BCUT2D eigenvalue weighted by Crippen LogP contribution is -2.39. The Kier molecular flexibility index (Phi) is 7.39. The number of phosphoric ester groups is 2. The molecule has 24 nitrogen and oxygen atoms in total. The van der Waals surface area contributed by atoms with Crippen LogP contribution in [0, 0.1) is 0 Å². The smallest absolute Gasteiger partial charge is 0.386 e. The van der Waals surface area contributed by atoms with Crippen LogP contribution in [-0.2, 0) is 36.7 Å². The Hall–Kier alpha value is -3.64. The topological polar surface area (TPSA) is 350 Å². The van der Waals surface area contributed by atoms with Crippen LogP contribution in [0.2, 0.25) is 0 Å². The maximum Gasteiger partial charge on any atom is 0.472 e. The van der Waals surface area contributed by atoms with E-state index in [1.54, 1.807) is 0 Å². The molecule has 3 saturated heterocycles. The molecule has 26 heteroatoms. The van der Waals surface area contributed by atoms with Crippen LogP contribution in [0.15, 0.2) is 22.2 Å². The van der Waals surface area contributed by atoms with E-state index in [0.29, 0.717) is 0 Å². The van der Waals surface area contributed by atoms with Crippen molar-refractivity contribution in [3.8, 4) is 0 Å². The number of imidazole rings is 2. The van der Waals surface area contributed by atoms with Crippen molar-refractivity contribution in [2.45, 2.75) is 49.1 Å². The van der Waals surface area contributed by atoms with Gasteiger partial charge in [-0.2, -0.15) is 9.97 Å². The summed E-state index contributed by atoms with van der Waals surface area (Å²) in [6.45, 7) is -1.74. The first kappa shape index (κ1) is 31.0. The van der Waals surface area contributed by atoms with E-state index in [2.05, 4.69) is 29.9 Å². The minimum absolute atomic E-state index is 0.121. The van der Waals surface area contributed by atoms with Crippen LogP contribution < -0.4 is 22.6 Å². The molecule has 4 aromatic heterocycles. The maximum absolute atomic E-state index is 13.1. The zero-order valence-electron chi connectivity index (χ0n) is 22.8. The van der Waals surface area contributed by atoms with Crippen LogP contribution in [-0.4, -0.2) is 109 Å². The molecule has 0 radical (unpaired) electrons. The number of fused-ring (bicyclic) bond motifs is 4. The van der Waals surface area contributed by atoms with Gasteiger partial charge < -0.3 is 40.9 Å². The van der Waals surface area contributed by atoms with Gasteiger partial charge in [0.05, 0.1) is 25.9 Å². The quantitative estimate of drug-likeness (QED) is 0.0968. The second-order valence-corrected chi connectivity index (χ2v) is 13.1. The Morgan fingerprint density at radius 2 is 1.15 bits per heavy atom. The molecule has 7 rings (SSSR count). The molecule has 10 N–H and O–H groups in total. The summed E-state index contributed by atoms with van der Waals surface area (Å²) in [7, 11) is -10.2. The zero-order chi connectivity index (χ0) is 32.7. The van der Waals surface area contributed by atoms with Crippen LogP contribution in [0.3, 0.4) is 0 Å². The highest BCUT2D eigenvalue weighted by Crippen LogP contribution is 2.53. The Morgan fingerprint density at radius 3 is 1.54 bits per heavy atom. The third kappa shape index (κ3) is 5.33. The van der Waals surface area contributed by atoms with Crippen LogP contribution in [0.5, 0.6) is 0 Å². The summed E-state index contributed by atoms with van der Waals surface area (Å²) in [4.78, 5) is 65.9. The number of rotatable bonds is 2. The molecular formula is C20H24N10O14P2. The average molecular weight is 690 g/mol. The number of aromatic amines is 2. The fraction of sp³-hybridized carbons (Fsp3) is 0.500. The van der Waals surface area contributed by atoms with Gasteiger partial charge in [0.2, 0.25) is 11.9 Å². The Labute approximate surface area is 253 Å². The molecule has 3 aliphatic rings. The normalized spacial score (nSPS) is 37.1. The number of nitrogens with zero attached hydrogens (tertiary/aromatic N) is 6. The molecule has 3 aliphatic heterocycles. The lowest BCUT2D eigenvalue weighted by Gasteiger charge is -2.27. The number of H-pyrrole nitrogens is 2. The van der Waals surface area contributed by atoms with Crippen molar-refractivity contribution in [2.24, 2.45) is 0 Å². The number of aromatic nitrogens is 8. The van der Waals surface area contributed by atoms with E-state index in [-0.39, 0.29) is 34.2 Å². The van der Waals surface area contributed by atoms with Gasteiger partial charge in [-0.25, -0.2) is 19.1 Å². The second-order valence-electron chi connectivity index (χ2n) is 10.3. The van der Waals surface area contributed by atoms with E-state index in [9.17, 15) is 38.7 Å². The highest BCUT2D eigenvalue weighted by Gasteiger charge is 2.54. The number of aliphatic hydroxyl groups excluding tert-OH is 2. The molecule has 7 heterocycles. The van der Waals surface area contributed by atoms with E-state index in [0.717, 1.165) is 21.8 Å². The molecule has 10 atom stereocenters. The van der Waals surface area contributed by atoms with E-state index in [1.165, 1.54) is 0 Å². The Morgan fingerprint density at radius 1 is 0.761 bits per heavy atom. The second kappa shape index (κ2) is 11.0. The molecular weight excluding hydrogens is 666 g/mol. The van der Waals surface area contributed by atoms with Gasteiger partial charge in [0, 0.05) is 0 Å². The minimum atomic E-state index is -5.10. The van der Waals surface area contributed by atoms with Gasteiger partial charge in [-0.15, -0.1) is 0 Å². The summed E-state index contributed by atoms with van der Waals surface area (Å²) in [6, 6.07) is 0. The lowest BCUT2D eigenvalue weighted by molar-refractivity contribution is -0.0664. The number of hydrogen-bond donors (Lipinski definition) is 8. The van der Waals surface area contributed by atoms with Crippen molar-refractivity contribution in [3.63, 3.8) is 0 Å². The number of nitrogen functional groups attached to an aromatic ring is 2. The lowest BCUT2D eigenvalue weighted by atomic mass is 10.1. The first-order valence-electron chi connectivity index (χ1n) is 13.1. The highest BCUT2D eigenvalue weighted by atomic mass is 31.2. The summed E-state index contributed by atoms with van der Waals surface area (Å²) in [5.41, 5.74) is 9.28. The first-order chi connectivity index (χ1) is 21.7. The van der Waals surface area contributed by atoms with Crippen molar-refractivity contribution >= 4 is 49.9 Å². The number of ether oxygens (including phenoxy) is 2. The number of aliphatic hydroxyl groups is 2. The third-order valence-electron chi connectivity index (χ3n) is 7.38. The van der Waals surface area contributed by atoms with Crippen LogP contribution in [0.25, 0.3) is 22.3 Å². The number of nitrogens with two attached hydrogens (primary N) is 2. The number of nitrogens with one attached hydrogen (secondary N) is 2. The third-order valence-corrected chi connectivity index (χ3v) is 9.35. The van der Waals surface area contributed by atoms with Gasteiger partial charge in [-0.3, -0.25) is 46.8 Å². The van der Waals surface area contributed by atoms with Crippen molar-refractivity contribution in [2.75, 3.05) is 24.7 Å². The summed E-state index contributed by atoms with van der Waals surface area (Å²) < 4.78 is 60.5. The maximum atomic E-state index is 13.1. The molecule has 0 aromatic carbocycles. The fourth-order valence-electron chi connectivity index (χ4n) is 5.39. The predicted molar refractivity (Wildman–Crippen MR) is 146 cm³/mol. The Balaban J connectivity index is 1.18. The van der Waals surface area contributed by atoms with E-state index in [4.69, 9.17) is 39.0 Å². The average Bonchev–Trinajstić information content (AvgIpc) is 3.72. The molecule has 0 aliphatic carbocycles. The van der Waals surface area contributed by atoms with Gasteiger partial charge in [0.1, 0.15) is 36.6 Å². The molecule has 0 spiro atoms. The van der Waals surface area contributed by atoms with Crippen molar-refractivity contribution in [3.05, 3.63) is 33.4 Å². The van der Waals surface area contributed by atoms with Crippen LogP contribution >= 0.6 is 15.6 Å². The monoisotopic (exact) mass is 690 g/mol. The zero-order valence-corrected chi connectivity index (χ0v) is 24.6. The van der Waals surface area contributed by atoms with Crippen LogP contribution in [0.1, 0.15) is 12.5 Å². The van der Waals surface area contributed by atoms with Gasteiger partial charge in [-0.1, -0.05) is 0 Å². The summed E-state index contributed by atoms with van der Waals surface area (Å²) in [6.07, 6.45) is -10.9. The van der Waals surface area contributed by atoms with Gasteiger partial charge >= 0.3 is 15.6 Å². The van der Waals surface area contributed by atoms with E-state index in [1.807, 2.05) is 0 Å². The highest BCUT2D eigenvalue weighted by molar-refractivity contribution is 7.47. The predicted octanol–water partition coefficient (Wildman–Crippen LogP) is -3.05. The number of anilines is 2. The number of hydrogen-bond acceptors (Lipinski definition) is 18. The number of phosphoric acid groups is 2. The molecule has 3 fully saturated rings. The molecule has 0 bridgehead atoms. The molecule has 0 saturated carbocycles. The summed E-state index contributed by atoms with van der Waals surface area (Å²) in [5.74, 6) is -0.561. The first-order valence-corrected chi connectivity index (χ1v) is 16.1. The van der Waals surface area contributed by atoms with Gasteiger partial charge in [0.25, 0.3) is 11.1 Å². The van der Waals surface area contributed by atoms with Gasteiger partial charge in [-0.05, 0) is 0 Å². The van der Waals surface area contributed by atoms with E-state index < -0.39 is 89.1 Å².